The lowest BCUT2D eigenvalue weighted by Crippen LogP contribution is -2.01. The molecule has 1 heterocycles. The van der Waals surface area contributed by atoms with E-state index in [1.165, 1.54) is 12.1 Å². The first-order valence-electron chi connectivity index (χ1n) is 5.07. The number of ether oxygens (including phenoxy) is 1. The van der Waals surface area contributed by atoms with Crippen LogP contribution in [0.15, 0.2) is 34.9 Å². The fraction of sp³-hybridized carbons (Fsp3) is 0.0833. The van der Waals surface area contributed by atoms with E-state index in [1.807, 2.05) is 0 Å². The SMILES string of the molecule is NCc1cc(Br)cnc1Oc1ccc(Cl)c(F)c1. The van der Waals surface area contributed by atoms with E-state index >= 15 is 0 Å². The zero-order valence-corrected chi connectivity index (χ0v) is 11.5. The van der Waals surface area contributed by atoms with Gasteiger partial charge in [-0.25, -0.2) is 9.37 Å². The molecule has 0 unspecified atom stereocenters. The number of nitrogens with zero attached hydrogens (tertiary/aromatic N) is 1. The Balaban J connectivity index is 2.30. The minimum Gasteiger partial charge on any atom is -0.439 e. The number of hydrogen-bond donors (Lipinski definition) is 1. The molecule has 3 nitrogen and oxygen atoms in total. The van der Waals surface area contributed by atoms with Crippen molar-refractivity contribution in [3.05, 3.63) is 51.3 Å². The van der Waals surface area contributed by atoms with E-state index in [0.717, 1.165) is 10.0 Å². The predicted octanol–water partition coefficient (Wildman–Crippen LogP) is 3.89. The van der Waals surface area contributed by atoms with Crippen LogP contribution < -0.4 is 10.5 Å². The van der Waals surface area contributed by atoms with Crippen molar-refractivity contribution in [2.24, 2.45) is 5.73 Å². The predicted molar refractivity (Wildman–Crippen MR) is 71.3 cm³/mol. The highest BCUT2D eigenvalue weighted by Crippen LogP contribution is 2.27. The lowest BCUT2D eigenvalue weighted by atomic mass is 10.2. The molecular formula is C12H9BrClFN2O. The third kappa shape index (κ3) is 2.98. The normalized spacial score (nSPS) is 10.4. The standard InChI is InChI=1S/C12H9BrClFN2O/c13-8-3-7(5-16)12(17-6-8)18-9-1-2-10(14)11(15)4-9/h1-4,6H,5,16H2. The summed E-state index contributed by atoms with van der Waals surface area (Å²) in [5.74, 6) is 0.129. The summed E-state index contributed by atoms with van der Waals surface area (Å²) in [6.45, 7) is 0.276. The van der Waals surface area contributed by atoms with Crippen LogP contribution >= 0.6 is 27.5 Å². The molecule has 2 rings (SSSR count). The van der Waals surface area contributed by atoms with Gasteiger partial charge in [-0.3, -0.25) is 0 Å². The van der Waals surface area contributed by atoms with Gasteiger partial charge in [0.05, 0.1) is 5.02 Å². The van der Waals surface area contributed by atoms with E-state index < -0.39 is 5.82 Å². The molecule has 1 aromatic carbocycles. The molecule has 0 amide bonds. The second-order valence-electron chi connectivity index (χ2n) is 3.50. The van der Waals surface area contributed by atoms with Gasteiger partial charge in [0.25, 0.3) is 0 Å². The maximum absolute atomic E-state index is 13.3. The largest absolute Gasteiger partial charge is 0.439 e. The Bertz CT molecular complexity index is 580. The topological polar surface area (TPSA) is 48.1 Å². The first-order valence-corrected chi connectivity index (χ1v) is 6.24. The fourth-order valence-corrected chi connectivity index (χ4v) is 1.86. The van der Waals surface area contributed by atoms with Gasteiger partial charge < -0.3 is 10.5 Å². The second-order valence-corrected chi connectivity index (χ2v) is 4.82. The van der Waals surface area contributed by atoms with Crippen LogP contribution in [0, 0.1) is 5.82 Å². The molecule has 0 aliphatic rings. The molecule has 0 aliphatic heterocycles. The maximum atomic E-state index is 13.3. The summed E-state index contributed by atoms with van der Waals surface area (Å²) >= 11 is 8.88. The van der Waals surface area contributed by atoms with Gasteiger partial charge >= 0.3 is 0 Å². The van der Waals surface area contributed by atoms with E-state index in [4.69, 9.17) is 22.1 Å². The number of pyridine rings is 1. The van der Waals surface area contributed by atoms with Crippen molar-refractivity contribution < 1.29 is 9.13 Å². The Kier molecular flexibility index (Phi) is 4.16. The van der Waals surface area contributed by atoms with Crippen molar-refractivity contribution in [3.8, 4) is 11.6 Å². The van der Waals surface area contributed by atoms with Crippen LogP contribution in [0.3, 0.4) is 0 Å². The average Bonchev–Trinajstić information content (AvgIpc) is 2.36. The minimum atomic E-state index is -0.541. The zero-order valence-electron chi connectivity index (χ0n) is 9.16. The summed E-state index contributed by atoms with van der Waals surface area (Å²) < 4.78 is 19.5. The molecule has 18 heavy (non-hydrogen) atoms. The number of rotatable bonds is 3. The van der Waals surface area contributed by atoms with Crippen LogP contribution in [0.1, 0.15) is 5.56 Å². The van der Waals surface area contributed by atoms with Gasteiger partial charge in [-0.15, -0.1) is 0 Å². The summed E-state index contributed by atoms with van der Waals surface area (Å²) in [6.07, 6.45) is 1.58. The molecule has 0 fully saturated rings. The number of halogens is 3. The van der Waals surface area contributed by atoms with Crippen LogP contribution in [0.5, 0.6) is 11.6 Å². The van der Waals surface area contributed by atoms with Gasteiger partial charge in [-0.1, -0.05) is 11.6 Å². The average molecular weight is 332 g/mol. The van der Waals surface area contributed by atoms with Gasteiger partial charge in [0.2, 0.25) is 5.88 Å². The van der Waals surface area contributed by atoms with Crippen molar-refractivity contribution in [2.45, 2.75) is 6.54 Å². The Labute approximate surface area is 117 Å². The molecule has 0 bridgehead atoms. The van der Waals surface area contributed by atoms with Crippen LogP contribution in [-0.4, -0.2) is 4.98 Å². The van der Waals surface area contributed by atoms with Gasteiger partial charge in [-0.05, 0) is 34.1 Å². The van der Waals surface area contributed by atoms with Gasteiger partial charge in [0, 0.05) is 28.8 Å². The highest BCUT2D eigenvalue weighted by atomic mass is 79.9. The molecule has 1 aromatic heterocycles. The van der Waals surface area contributed by atoms with E-state index in [2.05, 4.69) is 20.9 Å². The molecule has 94 valence electrons. The minimum absolute atomic E-state index is 0.0464. The highest BCUT2D eigenvalue weighted by molar-refractivity contribution is 9.10. The zero-order chi connectivity index (χ0) is 13.1. The van der Waals surface area contributed by atoms with Crippen LogP contribution in [0.4, 0.5) is 4.39 Å². The smallest absolute Gasteiger partial charge is 0.223 e. The van der Waals surface area contributed by atoms with E-state index in [1.54, 1.807) is 18.3 Å². The molecule has 0 saturated carbocycles. The third-order valence-electron chi connectivity index (χ3n) is 2.22. The van der Waals surface area contributed by atoms with Crippen LogP contribution in [-0.2, 0) is 6.54 Å². The molecule has 2 aromatic rings. The molecule has 2 N–H and O–H groups in total. The second kappa shape index (κ2) is 5.65. The summed E-state index contributed by atoms with van der Waals surface area (Å²) in [5.41, 5.74) is 6.31. The van der Waals surface area contributed by atoms with Gasteiger partial charge in [-0.2, -0.15) is 0 Å². The highest BCUT2D eigenvalue weighted by Gasteiger charge is 2.08. The number of hydrogen-bond acceptors (Lipinski definition) is 3. The van der Waals surface area contributed by atoms with E-state index in [-0.39, 0.29) is 11.6 Å². The Morgan fingerprint density at radius 1 is 1.39 bits per heavy atom. The van der Waals surface area contributed by atoms with Crippen molar-refractivity contribution in [1.29, 1.82) is 0 Å². The molecule has 0 saturated heterocycles. The first-order chi connectivity index (χ1) is 8.60. The summed E-state index contributed by atoms with van der Waals surface area (Å²) in [4.78, 5) is 4.09. The molecule has 0 radical (unpaired) electrons. The fourth-order valence-electron chi connectivity index (χ4n) is 1.36. The number of benzene rings is 1. The lowest BCUT2D eigenvalue weighted by molar-refractivity contribution is 0.451. The Hall–Kier alpha value is -1.17. The van der Waals surface area contributed by atoms with Crippen LogP contribution in [0.2, 0.25) is 5.02 Å². The quantitative estimate of drug-likeness (QED) is 0.928. The monoisotopic (exact) mass is 330 g/mol. The van der Waals surface area contributed by atoms with E-state index in [0.29, 0.717) is 11.6 Å². The van der Waals surface area contributed by atoms with Gasteiger partial charge in [0.1, 0.15) is 11.6 Å². The summed E-state index contributed by atoms with van der Waals surface area (Å²) in [5, 5.41) is 0.0464. The Morgan fingerprint density at radius 3 is 2.83 bits per heavy atom. The third-order valence-corrected chi connectivity index (χ3v) is 2.96. The molecule has 0 aliphatic carbocycles. The molecule has 0 atom stereocenters. The Morgan fingerprint density at radius 2 is 2.17 bits per heavy atom. The van der Waals surface area contributed by atoms with Crippen molar-refractivity contribution >= 4 is 27.5 Å². The number of aromatic nitrogens is 1. The van der Waals surface area contributed by atoms with E-state index in [9.17, 15) is 4.39 Å². The van der Waals surface area contributed by atoms with Crippen molar-refractivity contribution in [1.82, 2.24) is 4.98 Å². The lowest BCUT2D eigenvalue weighted by Gasteiger charge is -2.09. The van der Waals surface area contributed by atoms with Gasteiger partial charge in [0.15, 0.2) is 0 Å². The van der Waals surface area contributed by atoms with Crippen LogP contribution in [0.25, 0.3) is 0 Å². The number of nitrogens with two attached hydrogens (primary N) is 1. The van der Waals surface area contributed by atoms with Crippen molar-refractivity contribution in [2.75, 3.05) is 0 Å². The molecule has 0 spiro atoms. The molecular weight excluding hydrogens is 322 g/mol. The molecule has 6 heteroatoms. The van der Waals surface area contributed by atoms with Crippen molar-refractivity contribution in [3.63, 3.8) is 0 Å². The maximum Gasteiger partial charge on any atom is 0.223 e. The first kappa shape index (κ1) is 13.3. The summed E-state index contributed by atoms with van der Waals surface area (Å²) in [7, 11) is 0. The summed E-state index contributed by atoms with van der Waals surface area (Å²) in [6, 6.07) is 5.99.